The predicted molar refractivity (Wildman–Crippen MR) is 88.1 cm³/mol. The molecule has 8 nitrogen and oxygen atoms in total. The third-order valence-corrected chi connectivity index (χ3v) is 6.23. The number of fused-ring (bicyclic) bond motifs is 1. The fourth-order valence-corrected chi connectivity index (χ4v) is 4.57. The lowest BCUT2D eigenvalue weighted by molar-refractivity contribution is -0.141. The van der Waals surface area contributed by atoms with E-state index in [1.54, 1.807) is 19.1 Å². The Morgan fingerprint density at radius 1 is 1.21 bits per heavy atom. The number of piperidine rings is 1. The van der Waals surface area contributed by atoms with Gasteiger partial charge in [-0.15, -0.1) is 0 Å². The maximum atomic E-state index is 12.3. The Labute approximate surface area is 144 Å². The Hall–Kier alpha value is -0.740. The van der Waals surface area contributed by atoms with Crippen LogP contribution in [0.2, 0.25) is 0 Å². The minimum Gasteiger partial charge on any atom is -0.384 e. The van der Waals surface area contributed by atoms with Crippen molar-refractivity contribution in [2.24, 2.45) is 11.3 Å². The molecule has 0 N–H and O–H groups in total. The fourth-order valence-electron chi connectivity index (χ4n) is 3.63. The lowest BCUT2D eigenvalue weighted by Gasteiger charge is -2.43. The molecular weight excluding hydrogens is 336 g/mol. The summed E-state index contributed by atoms with van der Waals surface area (Å²) in [5.41, 5.74) is -0.203. The maximum absolute atomic E-state index is 12.3. The standard InChI is InChI=1S/C15H28N2O6S/c1-21-6-7-23-10-14(18)16-5-4-15(12-22-2)11-17(24(3,19)20)9-13(15)8-16/h13H,4-12H2,1-3H3/t13-,15+/m1/s1. The smallest absolute Gasteiger partial charge is 0.248 e. The maximum Gasteiger partial charge on any atom is 0.248 e. The van der Waals surface area contributed by atoms with Crippen molar-refractivity contribution in [1.29, 1.82) is 0 Å². The van der Waals surface area contributed by atoms with Gasteiger partial charge in [-0.05, 0) is 12.3 Å². The Kier molecular flexibility index (Phi) is 6.60. The van der Waals surface area contributed by atoms with E-state index in [2.05, 4.69) is 0 Å². The molecule has 2 aliphatic heterocycles. The summed E-state index contributed by atoms with van der Waals surface area (Å²) in [6.07, 6.45) is 1.97. The van der Waals surface area contributed by atoms with Gasteiger partial charge < -0.3 is 19.1 Å². The van der Waals surface area contributed by atoms with Crippen LogP contribution >= 0.6 is 0 Å². The summed E-state index contributed by atoms with van der Waals surface area (Å²) in [6.45, 7) is 3.43. The zero-order chi connectivity index (χ0) is 17.8. The highest BCUT2D eigenvalue weighted by Crippen LogP contribution is 2.43. The molecule has 0 aromatic rings. The molecule has 2 fully saturated rings. The summed E-state index contributed by atoms with van der Waals surface area (Å²) in [5, 5.41) is 0. The third kappa shape index (κ3) is 4.45. The lowest BCUT2D eigenvalue weighted by Crippen LogP contribution is -2.51. The number of methoxy groups -OCH3 is 2. The number of ether oxygens (including phenoxy) is 3. The van der Waals surface area contributed by atoms with Gasteiger partial charge in [0.05, 0.1) is 26.1 Å². The van der Waals surface area contributed by atoms with Crippen LogP contribution in [0.3, 0.4) is 0 Å². The summed E-state index contributed by atoms with van der Waals surface area (Å²) in [5.74, 6) is 0.0266. The first kappa shape index (κ1) is 19.6. The molecule has 1 amide bonds. The number of likely N-dealkylation sites (tertiary alicyclic amines) is 1. The van der Waals surface area contributed by atoms with Crippen LogP contribution in [-0.4, -0.2) is 96.6 Å². The van der Waals surface area contributed by atoms with E-state index in [4.69, 9.17) is 14.2 Å². The highest BCUT2D eigenvalue weighted by atomic mass is 32.2. The van der Waals surface area contributed by atoms with Crippen LogP contribution in [0.15, 0.2) is 0 Å². The molecule has 24 heavy (non-hydrogen) atoms. The highest BCUT2D eigenvalue weighted by molar-refractivity contribution is 7.88. The van der Waals surface area contributed by atoms with Gasteiger partial charge in [0.25, 0.3) is 0 Å². The summed E-state index contributed by atoms with van der Waals surface area (Å²) >= 11 is 0. The molecule has 2 heterocycles. The van der Waals surface area contributed by atoms with E-state index in [-0.39, 0.29) is 23.8 Å². The van der Waals surface area contributed by atoms with Gasteiger partial charge in [-0.25, -0.2) is 12.7 Å². The molecule has 140 valence electrons. The molecule has 0 unspecified atom stereocenters. The first-order valence-corrected chi connectivity index (χ1v) is 9.96. The van der Waals surface area contributed by atoms with Crippen molar-refractivity contribution in [3.05, 3.63) is 0 Å². The zero-order valence-electron chi connectivity index (χ0n) is 14.7. The van der Waals surface area contributed by atoms with E-state index in [0.29, 0.717) is 46.0 Å². The van der Waals surface area contributed by atoms with Gasteiger partial charge in [0.15, 0.2) is 0 Å². The topological polar surface area (TPSA) is 85.4 Å². The third-order valence-electron chi connectivity index (χ3n) is 5.01. The van der Waals surface area contributed by atoms with E-state index in [9.17, 15) is 13.2 Å². The van der Waals surface area contributed by atoms with Crippen LogP contribution in [0, 0.1) is 11.3 Å². The SMILES string of the molecule is COCCOCC(=O)N1CC[C@@]2(COC)CN(S(C)(=O)=O)C[C@H]2C1. The number of rotatable bonds is 8. The van der Waals surface area contributed by atoms with E-state index < -0.39 is 10.0 Å². The van der Waals surface area contributed by atoms with Crippen LogP contribution in [0.25, 0.3) is 0 Å². The molecular formula is C15H28N2O6S. The zero-order valence-corrected chi connectivity index (χ0v) is 15.5. The highest BCUT2D eigenvalue weighted by Gasteiger charge is 2.52. The minimum absolute atomic E-state index is 0.0309. The minimum atomic E-state index is -3.24. The van der Waals surface area contributed by atoms with Gasteiger partial charge in [-0.3, -0.25) is 4.79 Å². The first-order valence-electron chi connectivity index (χ1n) is 8.11. The Morgan fingerprint density at radius 3 is 2.58 bits per heavy atom. The molecule has 0 bridgehead atoms. The van der Waals surface area contributed by atoms with Crippen LogP contribution in [0.5, 0.6) is 0 Å². The molecule has 2 rings (SSSR count). The molecule has 0 aromatic carbocycles. The number of hydrogen-bond acceptors (Lipinski definition) is 6. The van der Waals surface area contributed by atoms with Gasteiger partial charge >= 0.3 is 0 Å². The van der Waals surface area contributed by atoms with Crippen molar-refractivity contribution in [3.8, 4) is 0 Å². The number of carbonyl (C=O) groups is 1. The van der Waals surface area contributed by atoms with E-state index in [1.165, 1.54) is 10.6 Å². The Bertz CT molecular complexity index is 540. The second-order valence-corrected chi connectivity index (χ2v) is 8.67. The van der Waals surface area contributed by atoms with Crippen molar-refractivity contribution < 1.29 is 27.4 Å². The van der Waals surface area contributed by atoms with Gasteiger partial charge in [-0.1, -0.05) is 0 Å². The Balaban J connectivity index is 1.98. The van der Waals surface area contributed by atoms with Crippen LogP contribution in [0.1, 0.15) is 6.42 Å². The van der Waals surface area contributed by atoms with Crippen molar-refractivity contribution in [1.82, 2.24) is 9.21 Å². The molecule has 0 aromatic heterocycles. The molecule has 0 saturated carbocycles. The van der Waals surface area contributed by atoms with Crippen LogP contribution in [0.4, 0.5) is 0 Å². The van der Waals surface area contributed by atoms with Crippen molar-refractivity contribution >= 4 is 15.9 Å². The molecule has 0 aliphatic carbocycles. The average Bonchev–Trinajstić information content (AvgIpc) is 2.90. The quantitative estimate of drug-likeness (QED) is 0.535. The molecule has 0 spiro atoms. The van der Waals surface area contributed by atoms with Gasteiger partial charge in [-0.2, -0.15) is 0 Å². The van der Waals surface area contributed by atoms with Crippen molar-refractivity contribution in [3.63, 3.8) is 0 Å². The molecule has 2 aliphatic rings. The first-order chi connectivity index (χ1) is 11.3. The summed E-state index contributed by atoms with van der Waals surface area (Å²) in [7, 11) is -0.0225. The lowest BCUT2D eigenvalue weighted by atomic mass is 9.73. The number of carbonyl (C=O) groups excluding carboxylic acids is 1. The summed E-state index contributed by atoms with van der Waals surface area (Å²) < 4.78 is 40.9. The second-order valence-electron chi connectivity index (χ2n) is 6.68. The average molecular weight is 364 g/mol. The molecule has 9 heteroatoms. The number of hydrogen-bond donors (Lipinski definition) is 0. The van der Waals surface area contributed by atoms with Crippen LogP contribution in [-0.2, 0) is 29.0 Å². The number of sulfonamides is 1. The largest absolute Gasteiger partial charge is 0.384 e. The molecule has 0 radical (unpaired) electrons. The number of nitrogens with zero attached hydrogens (tertiary/aromatic N) is 2. The van der Waals surface area contributed by atoms with Gasteiger partial charge in [0, 0.05) is 45.8 Å². The van der Waals surface area contributed by atoms with E-state index in [0.717, 1.165) is 6.42 Å². The predicted octanol–water partition coefficient (Wildman–Crippen LogP) is -0.594. The van der Waals surface area contributed by atoms with Crippen molar-refractivity contribution in [2.45, 2.75) is 6.42 Å². The summed E-state index contributed by atoms with van der Waals surface area (Å²) in [6, 6.07) is 0. The monoisotopic (exact) mass is 364 g/mol. The molecule has 2 atom stereocenters. The molecule has 2 saturated heterocycles. The van der Waals surface area contributed by atoms with Crippen LogP contribution < -0.4 is 0 Å². The van der Waals surface area contributed by atoms with Gasteiger partial charge in [0.2, 0.25) is 15.9 Å². The summed E-state index contributed by atoms with van der Waals surface area (Å²) in [4.78, 5) is 14.1. The Morgan fingerprint density at radius 2 is 1.96 bits per heavy atom. The van der Waals surface area contributed by atoms with Crippen molar-refractivity contribution in [2.75, 3.05) is 73.1 Å². The normalized spacial score (nSPS) is 28.1. The fraction of sp³-hybridized carbons (Fsp3) is 0.933. The van der Waals surface area contributed by atoms with E-state index >= 15 is 0 Å². The van der Waals surface area contributed by atoms with Gasteiger partial charge in [0.1, 0.15) is 6.61 Å². The number of amides is 1. The van der Waals surface area contributed by atoms with E-state index in [1.807, 2.05) is 0 Å². The second kappa shape index (κ2) is 8.09.